The summed E-state index contributed by atoms with van der Waals surface area (Å²) < 4.78 is 10.5. The number of imide groups is 1. The van der Waals surface area contributed by atoms with Gasteiger partial charge in [-0.25, -0.2) is 4.79 Å². The van der Waals surface area contributed by atoms with Crippen LogP contribution in [0.5, 0.6) is 0 Å². The third-order valence-corrected chi connectivity index (χ3v) is 3.87. The van der Waals surface area contributed by atoms with Crippen LogP contribution in [0.2, 0.25) is 0 Å². The first kappa shape index (κ1) is 22.0. The molecule has 0 aromatic carbocycles. The van der Waals surface area contributed by atoms with Crippen LogP contribution in [0.25, 0.3) is 0 Å². The van der Waals surface area contributed by atoms with Crippen molar-refractivity contribution >= 4 is 17.9 Å². The van der Waals surface area contributed by atoms with E-state index < -0.39 is 35.6 Å². The zero-order chi connectivity index (χ0) is 20.1. The fourth-order valence-corrected chi connectivity index (χ4v) is 2.88. The lowest BCUT2D eigenvalue weighted by molar-refractivity contribution is -0.145. The third-order valence-electron chi connectivity index (χ3n) is 3.87. The van der Waals surface area contributed by atoms with Crippen molar-refractivity contribution < 1.29 is 23.9 Å². The Bertz CT molecular complexity index is 563. The summed E-state index contributed by atoms with van der Waals surface area (Å²) >= 11 is 0. The van der Waals surface area contributed by atoms with Gasteiger partial charge in [0.05, 0.1) is 13.2 Å². The fraction of sp³-hybridized carbons (Fsp3) is 0.737. The summed E-state index contributed by atoms with van der Waals surface area (Å²) in [5, 5.41) is 2.63. The van der Waals surface area contributed by atoms with Crippen LogP contribution in [0.1, 0.15) is 60.8 Å². The Balaban J connectivity index is 3.00. The molecule has 0 aliphatic carbocycles. The van der Waals surface area contributed by atoms with Gasteiger partial charge in [-0.15, -0.1) is 0 Å². The van der Waals surface area contributed by atoms with Crippen molar-refractivity contribution in [1.29, 1.82) is 0 Å². The molecular formula is C19H32N2O5. The minimum Gasteiger partial charge on any atom is -0.499 e. The number of hydrogen-bond acceptors (Lipinski definition) is 5. The molecule has 7 heteroatoms. The molecule has 1 aliphatic rings. The van der Waals surface area contributed by atoms with Gasteiger partial charge in [0, 0.05) is 6.08 Å². The minimum absolute atomic E-state index is 0.149. The van der Waals surface area contributed by atoms with Crippen LogP contribution in [0, 0.1) is 5.92 Å². The third kappa shape index (κ3) is 6.04. The van der Waals surface area contributed by atoms with E-state index in [-0.39, 0.29) is 5.92 Å². The topological polar surface area (TPSA) is 84.9 Å². The predicted molar refractivity (Wildman–Crippen MR) is 98.3 cm³/mol. The highest BCUT2D eigenvalue weighted by molar-refractivity contribution is 6.06. The molecular weight excluding hydrogens is 336 g/mol. The largest absolute Gasteiger partial charge is 0.499 e. The molecule has 0 saturated carbocycles. The molecule has 0 aromatic rings. The standard InChI is InChI=1S/C19H32N2O5/c1-8-9-14-15(25-7)11-16(22)21(14)17(23)13(10-12(2)3)20-18(24)26-19(4,5)6/h11-14H,8-10H2,1-7H3,(H,20,24)/t13-,14-/m0/s1. The van der Waals surface area contributed by atoms with E-state index in [2.05, 4.69) is 5.32 Å². The Morgan fingerprint density at radius 3 is 2.38 bits per heavy atom. The van der Waals surface area contributed by atoms with Gasteiger partial charge in [0.25, 0.3) is 11.8 Å². The lowest BCUT2D eigenvalue weighted by atomic mass is 10.0. The highest BCUT2D eigenvalue weighted by Crippen LogP contribution is 2.26. The molecule has 148 valence electrons. The first-order valence-electron chi connectivity index (χ1n) is 9.12. The van der Waals surface area contributed by atoms with Gasteiger partial charge in [-0.2, -0.15) is 0 Å². The van der Waals surface area contributed by atoms with E-state index in [0.717, 1.165) is 6.42 Å². The molecule has 1 heterocycles. The number of ether oxygens (including phenoxy) is 2. The van der Waals surface area contributed by atoms with Crippen LogP contribution < -0.4 is 5.32 Å². The summed E-state index contributed by atoms with van der Waals surface area (Å²) in [6, 6.07) is -1.27. The first-order valence-corrected chi connectivity index (χ1v) is 9.12. The maximum atomic E-state index is 13.1. The summed E-state index contributed by atoms with van der Waals surface area (Å²) in [4.78, 5) is 38.8. The quantitative estimate of drug-likeness (QED) is 0.747. The van der Waals surface area contributed by atoms with Gasteiger partial charge in [0.15, 0.2) is 0 Å². The normalized spacial score (nSPS) is 18.6. The Labute approximate surface area is 156 Å². The highest BCUT2D eigenvalue weighted by atomic mass is 16.6. The summed E-state index contributed by atoms with van der Waals surface area (Å²) in [6.45, 7) is 11.1. The van der Waals surface area contributed by atoms with Crippen molar-refractivity contribution in [3.63, 3.8) is 0 Å². The van der Waals surface area contributed by atoms with Gasteiger partial charge in [0.2, 0.25) is 0 Å². The molecule has 0 unspecified atom stereocenters. The second-order valence-electron chi connectivity index (χ2n) is 7.93. The van der Waals surface area contributed by atoms with E-state index in [4.69, 9.17) is 9.47 Å². The van der Waals surface area contributed by atoms with Crippen LogP contribution >= 0.6 is 0 Å². The molecule has 1 N–H and O–H groups in total. The molecule has 0 radical (unpaired) electrons. The Morgan fingerprint density at radius 1 is 1.31 bits per heavy atom. The summed E-state index contributed by atoms with van der Waals surface area (Å²) in [7, 11) is 1.49. The van der Waals surface area contributed by atoms with Crippen LogP contribution in [0.3, 0.4) is 0 Å². The van der Waals surface area contributed by atoms with Gasteiger partial charge >= 0.3 is 6.09 Å². The van der Waals surface area contributed by atoms with Crippen molar-refractivity contribution in [2.45, 2.75) is 78.5 Å². The molecule has 3 amide bonds. The van der Waals surface area contributed by atoms with E-state index in [1.807, 2.05) is 20.8 Å². The number of carbonyl (C=O) groups is 3. The van der Waals surface area contributed by atoms with E-state index in [0.29, 0.717) is 18.6 Å². The number of rotatable bonds is 7. The van der Waals surface area contributed by atoms with Crippen molar-refractivity contribution in [2.75, 3.05) is 7.11 Å². The van der Waals surface area contributed by atoms with Crippen LogP contribution in [0.15, 0.2) is 11.8 Å². The smallest absolute Gasteiger partial charge is 0.408 e. The van der Waals surface area contributed by atoms with Crippen molar-refractivity contribution in [3.8, 4) is 0 Å². The molecule has 0 saturated heterocycles. The summed E-state index contributed by atoms with van der Waals surface area (Å²) in [5.41, 5.74) is -0.672. The molecule has 0 spiro atoms. The molecule has 1 rings (SSSR count). The zero-order valence-electron chi connectivity index (χ0n) is 16.9. The van der Waals surface area contributed by atoms with E-state index in [1.54, 1.807) is 20.8 Å². The van der Waals surface area contributed by atoms with Crippen LogP contribution in [-0.4, -0.2) is 47.6 Å². The lowest BCUT2D eigenvalue weighted by Crippen LogP contribution is -2.53. The molecule has 2 atom stereocenters. The molecule has 0 aromatic heterocycles. The van der Waals surface area contributed by atoms with Gasteiger partial charge in [-0.05, 0) is 39.5 Å². The summed E-state index contributed by atoms with van der Waals surface area (Å²) in [5.74, 6) is -0.219. The molecule has 0 bridgehead atoms. The van der Waals surface area contributed by atoms with Gasteiger partial charge in [0.1, 0.15) is 17.4 Å². The van der Waals surface area contributed by atoms with E-state index >= 15 is 0 Å². The maximum Gasteiger partial charge on any atom is 0.408 e. The van der Waals surface area contributed by atoms with Crippen molar-refractivity contribution in [2.24, 2.45) is 5.92 Å². The number of alkyl carbamates (subject to hydrolysis) is 1. The average Bonchev–Trinajstić information content (AvgIpc) is 2.79. The first-order chi connectivity index (χ1) is 12.0. The molecule has 1 aliphatic heterocycles. The second-order valence-corrected chi connectivity index (χ2v) is 7.93. The SMILES string of the molecule is CCC[C@H]1C(OC)=CC(=O)N1C(=O)[C@H](CC(C)C)NC(=O)OC(C)(C)C. The van der Waals surface area contributed by atoms with Crippen LogP contribution in [-0.2, 0) is 19.1 Å². The Kier molecular flexibility index (Phi) is 7.66. The van der Waals surface area contributed by atoms with Crippen molar-refractivity contribution in [3.05, 3.63) is 11.8 Å². The minimum atomic E-state index is -0.835. The fourth-order valence-electron chi connectivity index (χ4n) is 2.88. The number of carbonyl (C=O) groups excluding carboxylic acids is 3. The molecule has 7 nitrogen and oxygen atoms in total. The average molecular weight is 368 g/mol. The van der Waals surface area contributed by atoms with E-state index in [9.17, 15) is 14.4 Å². The number of methoxy groups -OCH3 is 1. The number of amides is 3. The monoisotopic (exact) mass is 368 g/mol. The van der Waals surface area contributed by atoms with E-state index in [1.165, 1.54) is 18.1 Å². The zero-order valence-corrected chi connectivity index (χ0v) is 16.9. The van der Waals surface area contributed by atoms with Gasteiger partial charge in [-0.1, -0.05) is 27.2 Å². The van der Waals surface area contributed by atoms with Gasteiger partial charge in [-0.3, -0.25) is 14.5 Å². The Hall–Kier alpha value is -2.05. The number of hydrogen-bond donors (Lipinski definition) is 1. The molecule has 26 heavy (non-hydrogen) atoms. The van der Waals surface area contributed by atoms with Crippen molar-refractivity contribution in [1.82, 2.24) is 10.2 Å². The Morgan fingerprint density at radius 2 is 1.92 bits per heavy atom. The van der Waals surface area contributed by atoms with Gasteiger partial charge < -0.3 is 14.8 Å². The second kappa shape index (κ2) is 9.05. The number of nitrogens with zero attached hydrogens (tertiary/aromatic N) is 1. The number of nitrogens with one attached hydrogen (secondary N) is 1. The maximum absolute atomic E-state index is 13.1. The van der Waals surface area contributed by atoms with Crippen LogP contribution in [0.4, 0.5) is 4.79 Å². The summed E-state index contributed by atoms with van der Waals surface area (Å²) in [6.07, 6.45) is 2.48. The predicted octanol–water partition coefficient (Wildman–Crippen LogP) is 2.99. The lowest BCUT2D eigenvalue weighted by Gasteiger charge is -2.30. The highest BCUT2D eigenvalue weighted by Gasteiger charge is 2.41. The molecule has 0 fully saturated rings.